The average Bonchev–Trinajstić information content (AvgIpc) is 3.37. The van der Waals surface area contributed by atoms with Gasteiger partial charge in [-0.05, 0) is 29.8 Å². The summed E-state index contributed by atoms with van der Waals surface area (Å²) in [7, 11) is 4.04. The highest BCUT2D eigenvalue weighted by atomic mass is 16.1. The van der Waals surface area contributed by atoms with E-state index in [4.69, 9.17) is 0 Å². The Balaban J connectivity index is 0.000000547. The van der Waals surface area contributed by atoms with Gasteiger partial charge in [0.1, 0.15) is 0 Å². The van der Waals surface area contributed by atoms with Crippen molar-refractivity contribution in [2.45, 2.75) is 19.3 Å². The summed E-state index contributed by atoms with van der Waals surface area (Å²) >= 11 is 0. The highest BCUT2D eigenvalue weighted by Crippen LogP contribution is 2.36. The first-order chi connectivity index (χ1) is 13.2. The monoisotopic (exact) mass is 362 g/mol. The van der Waals surface area contributed by atoms with Crippen LogP contribution in [0, 0.1) is 0 Å². The third-order valence-electron chi connectivity index (χ3n) is 4.40. The van der Waals surface area contributed by atoms with E-state index in [1.54, 1.807) is 4.52 Å². The largest absolute Gasteiger partial charge is 0.377 e. The number of fused-ring (bicyclic) bond motifs is 2. The molecule has 1 aliphatic rings. The van der Waals surface area contributed by atoms with Crippen molar-refractivity contribution in [1.29, 1.82) is 0 Å². The molecule has 3 aromatic heterocycles. The summed E-state index contributed by atoms with van der Waals surface area (Å²) in [6.45, 7) is 0. The Bertz CT molecular complexity index is 1090. The minimum Gasteiger partial charge on any atom is -0.377 e. The van der Waals surface area contributed by atoms with Gasteiger partial charge in [0.25, 0.3) is 0 Å². The second-order valence-corrected chi connectivity index (χ2v) is 6.82. The maximum absolute atomic E-state index is 10.6. The number of pyridine rings is 1. The van der Waals surface area contributed by atoms with Crippen LogP contribution in [0.15, 0.2) is 42.7 Å². The summed E-state index contributed by atoms with van der Waals surface area (Å²) in [5.41, 5.74) is 5.18. The molecule has 1 aliphatic carbocycles. The van der Waals surface area contributed by atoms with Gasteiger partial charge < -0.3 is 10.2 Å². The molecule has 0 spiro atoms. The van der Waals surface area contributed by atoms with Crippen molar-refractivity contribution in [2.24, 2.45) is 0 Å². The number of nitrogens with zero attached hydrogens (tertiary/aromatic N) is 4. The first-order valence-corrected chi connectivity index (χ1v) is 9.01. The topological polar surface area (TPSA) is 78.3 Å². The standard InChI is InChI=1S/C17H16N6O.C3H6/c1-22(2)15-4-3-14-13(9-19-20-14)17(15)11-5-6-23-12(7-11)8-16(21-23)18-10-24;1-2-3-1/h3-10H,1-2H3,(H,19,20)(H,18,21,24);1-3H2. The van der Waals surface area contributed by atoms with Gasteiger partial charge in [-0.25, -0.2) is 4.52 Å². The lowest BCUT2D eigenvalue weighted by Crippen LogP contribution is -2.10. The zero-order valence-corrected chi connectivity index (χ0v) is 15.4. The molecule has 4 aromatic rings. The molecule has 0 atom stereocenters. The quantitative estimate of drug-likeness (QED) is 0.543. The van der Waals surface area contributed by atoms with Crippen LogP contribution < -0.4 is 10.2 Å². The third-order valence-corrected chi connectivity index (χ3v) is 4.40. The number of amides is 1. The van der Waals surface area contributed by atoms with Gasteiger partial charge >= 0.3 is 0 Å². The number of anilines is 2. The minimum atomic E-state index is 0.525. The second kappa shape index (κ2) is 7.11. The first-order valence-electron chi connectivity index (χ1n) is 9.01. The molecular formula is C20H22N6O. The Morgan fingerprint density at radius 2 is 2.00 bits per heavy atom. The maximum atomic E-state index is 10.6. The van der Waals surface area contributed by atoms with Gasteiger partial charge in [0.15, 0.2) is 5.82 Å². The van der Waals surface area contributed by atoms with E-state index in [1.165, 1.54) is 19.3 Å². The Kier molecular flexibility index (Phi) is 4.50. The lowest BCUT2D eigenvalue weighted by molar-refractivity contribution is -0.105. The van der Waals surface area contributed by atoms with Crippen molar-refractivity contribution in [3.05, 3.63) is 42.7 Å². The molecular weight excluding hydrogens is 340 g/mol. The molecule has 3 heterocycles. The van der Waals surface area contributed by atoms with E-state index in [-0.39, 0.29) is 0 Å². The highest BCUT2D eigenvalue weighted by molar-refractivity contribution is 6.01. The Morgan fingerprint density at radius 3 is 2.70 bits per heavy atom. The maximum Gasteiger partial charge on any atom is 0.212 e. The minimum absolute atomic E-state index is 0.525. The predicted octanol–water partition coefficient (Wildman–Crippen LogP) is 3.68. The van der Waals surface area contributed by atoms with E-state index < -0.39 is 0 Å². The molecule has 0 aliphatic heterocycles. The summed E-state index contributed by atoms with van der Waals surface area (Å²) in [4.78, 5) is 12.7. The van der Waals surface area contributed by atoms with E-state index in [0.717, 1.165) is 33.2 Å². The van der Waals surface area contributed by atoms with E-state index in [2.05, 4.69) is 37.6 Å². The van der Waals surface area contributed by atoms with E-state index in [9.17, 15) is 4.79 Å². The molecule has 7 nitrogen and oxygen atoms in total. The van der Waals surface area contributed by atoms with Crippen molar-refractivity contribution >= 4 is 34.3 Å². The molecule has 0 radical (unpaired) electrons. The van der Waals surface area contributed by atoms with Crippen molar-refractivity contribution in [3.63, 3.8) is 0 Å². The summed E-state index contributed by atoms with van der Waals surface area (Å²) in [6.07, 6.45) is 8.86. The lowest BCUT2D eigenvalue weighted by Gasteiger charge is -2.18. The van der Waals surface area contributed by atoms with Gasteiger partial charge in [-0.1, -0.05) is 19.3 Å². The molecule has 138 valence electrons. The van der Waals surface area contributed by atoms with Crippen LogP contribution in [-0.4, -0.2) is 40.3 Å². The number of H-pyrrole nitrogens is 1. The fraction of sp³-hybridized carbons (Fsp3) is 0.250. The fourth-order valence-electron chi connectivity index (χ4n) is 2.96. The first kappa shape index (κ1) is 17.1. The number of carbonyl (C=O) groups excluding carboxylic acids is 1. The van der Waals surface area contributed by atoms with Crippen LogP contribution in [0.3, 0.4) is 0 Å². The van der Waals surface area contributed by atoms with E-state index >= 15 is 0 Å². The number of carbonyl (C=O) groups is 1. The average molecular weight is 362 g/mol. The van der Waals surface area contributed by atoms with Crippen LogP contribution in [-0.2, 0) is 4.79 Å². The molecule has 1 amide bonds. The van der Waals surface area contributed by atoms with Crippen LogP contribution in [0.5, 0.6) is 0 Å². The summed E-state index contributed by atoms with van der Waals surface area (Å²) in [5, 5.41) is 15.1. The fourth-order valence-corrected chi connectivity index (χ4v) is 2.96. The number of hydrogen-bond acceptors (Lipinski definition) is 4. The SMILES string of the molecule is C1CC1.CN(C)c1ccc2[nH]ncc2c1-c1ccn2nc(NC=O)cc2c1. The molecule has 7 heteroatoms. The van der Waals surface area contributed by atoms with Crippen molar-refractivity contribution in [3.8, 4) is 11.1 Å². The Labute approximate surface area is 157 Å². The Morgan fingerprint density at radius 1 is 1.19 bits per heavy atom. The number of hydrogen-bond donors (Lipinski definition) is 2. The van der Waals surface area contributed by atoms with E-state index in [1.807, 2.05) is 44.7 Å². The molecule has 2 N–H and O–H groups in total. The van der Waals surface area contributed by atoms with Gasteiger partial charge in [-0.2, -0.15) is 10.2 Å². The smallest absolute Gasteiger partial charge is 0.212 e. The summed E-state index contributed by atoms with van der Waals surface area (Å²) in [5.74, 6) is 0.525. The predicted molar refractivity (Wildman–Crippen MR) is 108 cm³/mol. The van der Waals surface area contributed by atoms with Crippen LogP contribution in [0.4, 0.5) is 11.5 Å². The molecule has 5 rings (SSSR count). The molecule has 0 unspecified atom stereocenters. The summed E-state index contributed by atoms with van der Waals surface area (Å²) in [6, 6.07) is 10.0. The second-order valence-electron chi connectivity index (χ2n) is 6.82. The van der Waals surface area contributed by atoms with Gasteiger partial charge in [-0.15, -0.1) is 0 Å². The van der Waals surface area contributed by atoms with Crippen molar-refractivity contribution in [2.75, 3.05) is 24.3 Å². The van der Waals surface area contributed by atoms with Crippen LogP contribution >= 0.6 is 0 Å². The molecule has 1 saturated carbocycles. The highest BCUT2D eigenvalue weighted by Gasteiger charge is 2.14. The van der Waals surface area contributed by atoms with Gasteiger partial charge in [0, 0.05) is 43.0 Å². The normalized spacial score (nSPS) is 12.5. The number of aromatic amines is 1. The zero-order valence-electron chi connectivity index (χ0n) is 15.4. The van der Waals surface area contributed by atoms with Gasteiger partial charge in [-0.3, -0.25) is 9.89 Å². The van der Waals surface area contributed by atoms with Gasteiger partial charge in [0.2, 0.25) is 6.41 Å². The van der Waals surface area contributed by atoms with E-state index in [0.29, 0.717) is 12.2 Å². The molecule has 27 heavy (non-hydrogen) atoms. The lowest BCUT2D eigenvalue weighted by atomic mass is 10.00. The van der Waals surface area contributed by atoms with Crippen molar-refractivity contribution in [1.82, 2.24) is 19.8 Å². The van der Waals surface area contributed by atoms with Crippen molar-refractivity contribution < 1.29 is 4.79 Å². The third kappa shape index (κ3) is 3.48. The van der Waals surface area contributed by atoms with Crippen LogP contribution in [0.1, 0.15) is 19.3 Å². The molecule has 1 aromatic carbocycles. The molecule has 0 bridgehead atoms. The zero-order chi connectivity index (χ0) is 18.8. The Hall–Kier alpha value is -3.35. The van der Waals surface area contributed by atoms with Crippen LogP contribution in [0.25, 0.3) is 27.5 Å². The number of nitrogens with one attached hydrogen (secondary N) is 2. The van der Waals surface area contributed by atoms with Gasteiger partial charge in [0.05, 0.1) is 17.2 Å². The molecule has 0 saturated heterocycles. The number of aromatic nitrogens is 4. The molecule has 1 fully saturated rings. The summed E-state index contributed by atoms with van der Waals surface area (Å²) < 4.78 is 1.74. The number of rotatable bonds is 4. The number of benzene rings is 1. The van der Waals surface area contributed by atoms with Crippen LogP contribution in [0.2, 0.25) is 0 Å².